The molecule has 0 radical (unpaired) electrons. The lowest BCUT2D eigenvalue weighted by molar-refractivity contribution is 0.284. The molecular weight excluding hydrogens is 288 g/mol. The zero-order valence-corrected chi connectivity index (χ0v) is 12.6. The van der Waals surface area contributed by atoms with Crippen LogP contribution in [0.1, 0.15) is 6.92 Å². The van der Waals surface area contributed by atoms with Gasteiger partial charge in [0.1, 0.15) is 5.75 Å². The molecule has 1 aromatic carbocycles. The van der Waals surface area contributed by atoms with Crippen molar-refractivity contribution in [2.75, 3.05) is 26.7 Å². The van der Waals surface area contributed by atoms with Crippen molar-refractivity contribution < 1.29 is 13.2 Å². The Hall–Kier alpha value is -0.820. The summed E-state index contributed by atoms with van der Waals surface area (Å²) in [4.78, 5) is 0.317. The summed E-state index contributed by atoms with van der Waals surface area (Å²) in [6, 6.07) is 6.48. The smallest absolute Gasteiger partial charge is 0.243 e. The predicted molar refractivity (Wildman–Crippen MR) is 76.5 cm³/mol. The van der Waals surface area contributed by atoms with Gasteiger partial charge < -0.3 is 10.1 Å². The Morgan fingerprint density at radius 2 is 1.95 bits per heavy atom. The van der Waals surface area contributed by atoms with E-state index < -0.39 is 10.0 Å². The standard InChI is InChI=1S/C12H18N2O3S.ClH/c1-10-9-13-7-8-14(10)18(15,16)12-5-3-11(17-2)4-6-12;/h3-6,10,13H,7-9H2,1-2H3;1H. The molecule has 0 aromatic heterocycles. The van der Waals surface area contributed by atoms with Crippen molar-refractivity contribution in [3.05, 3.63) is 24.3 Å². The first kappa shape index (κ1) is 16.2. The van der Waals surface area contributed by atoms with Gasteiger partial charge in [0, 0.05) is 25.7 Å². The highest BCUT2D eigenvalue weighted by molar-refractivity contribution is 7.89. The number of rotatable bonds is 3. The van der Waals surface area contributed by atoms with Crippen LogP contribution in [0.4, 0.5) is 0 Å². The fourth-order valence-corrected chi connectivity index (χ4v) is 3.69. The van der Waals surface area contributed by atoms with E-state index in [1.54, 1.807) is 35.7 Å². The molecule has 0 amide bonds. The van der Waals surface area contributed by atoms with Gasteiger partial charge in [-0.1, -0.05) is 0 Å². The van der Waals surface area contributed by atoms with Crippen molar-refractivity contribution in [1.82, 2.24) is 9.62 Å². The first-order valence-corrected chi connectivity index (χ1v) is 7.36. The Kier molecular flexibility index (Phi) is 5.61. The number of hydrogen-bond donors (Lipinski definition) is 1. The van der Waals surface area contributed by atoms with Crippen LogP contribution in [0.3, 0.4) is 0 Å². The van der Waals surface area contributed by atoms with Gasteiger partial charge in [-0.05, 0) is 31.2 Å². The van der Waals surface area contributed by atoms with Gasteiger partial charge in [0.25, 0.3) is 0 Å². The van der Waals surface area contributed by atoms with Crippen LogP contribution in [-0.2, 0) is 10.0 Å². The van der Waals surface area contributed by atoms with E-state index in [4.69, 9.17) is 4.74 Å². The van der Waals surface area contributed by atoms with Crippen molar-refractivity contribution >= 4 is 22.4 Å². The molecule has 2 rings (SSSR count). The van der Waals surface area contributed by atoms with Gasteiger partial charge in [0.05, 0.1) is 12.0 Å². The van der Waals surface area contributed by atoms with Crippen molar-refractivity contribution in [3.63, 3.8) is 0 Å². The zero-order chi connectivity index (χ0) is 13.2. The summed E-state index contributed by atoms with van der Waals surface area (Å²) in [7, 11) is -1.84. The van der Waals surface area contributed by atoms with Gasteiger partial charge >= 0.3 is 0 Å². The molecule has 19 heavy (non-hydrogen) atoms. The molecule has 1 aliphatic heterocycles. The van der Waals surface area contributed by atoms with Crippen LogP contribution in [-0.4, -0.2) is 45.5 Å². The first-order chi connectivity index (χ1) is 8.55. The minimum absolute atomic E-state index is 0. The van der Waals surface area contributed by atoms with Gasteiger partial charge in [-0.2, -0.15) is 4.31 Å². The molecule has 0 aliphatic carbocycles. The fourth-order valence-electron chi connectivity index (χ4n) is 2.06. The molecule has 1 saturated heterocycles. The number of ether oxygens (including phenoxy) is 1. The van der Waals surface area contributed by atoms with Crippen LogP contribution in [0.5, 0.6) is 5.75 Å². The summed E-state index contributed by atoms with van der Waals surface area (Å²) in [6.07, 6.45) is 0. The van der Waals surface area contributed by atoms with E-state index in [0.717, 1.165) is 0 Å². The van der Waals surface area contributed by atoms with Gasteiger partial charge in [-0.25, -0.2) is 8.42 Å². The molecule has 5 nitrogen and oxygen atoms in total. The largest absolute Gasteiger partial charge is 0.497 e. The number of nitrogens with one attached hydrogen (secondary N) is 1. The maximum absolute atomic E-state index is 12.5. The summed E-state index contributed by atoms with van der Waals surface area (Å²) in [5.74, 6) is 0.655. The second-order valence-electron chi connectivity index (χ2n) is 4.34. The number of hydrogen-bond acceptors (Lipinski definition) is 4. The van der Waals surface area contributed by atoms with Gasteiger partial charge in [0.2, 0.25) is 10.0 Å². The van der Waals surface area contributed by atoms with E-state index in [1.165, 1.54) is 0 Å². The third-order valence-electron chi connectivity index (χ3n) is 3.11. The molecule has 0 bridgehead atoms. The lowest BCUT2D eigenvalue weighted by Gasteiger charge is -2.32. The Bertz CT molecular complexity index is 504. The number of benzene rings is 1. The van der Waals surface area contributed by atoms with Gasteiger partial charge in [0.15, 0.2) is 0 Å². The lowest BCUT2D eigenvalue weighted by Crippen LogP contribution is -2.52. The number of methoxy groups -OCH3 is 1. The summed E-state index contributed by atoms with van der Waals surface area (Å²) in [6.45, 7) is 3.80. The lowest BCUT2D eigenvalue weighted by atomic mass is 10.3. The third kappa shape index (κ3) is 3.39. The highest BCUT2D eigenvalue weighted by atomic mass is 35.5. The monoisotopic (exact) mass is 306 g/mol. The molecule has 1 aliphatic rings. The molecule has 1 atom stereocenters. The molecular formula is C12H19ClN2O3S. The normalized spacial score (nSPS) is 20.6. The van der Waals surface area contributed by atoms with Gasteiger partial charge in [-0.15, -0.1) is 12.4 Å². The molecule has 1 unspecified atom stereocenters. The minimum atomic E-state index is -3.40. The summed E-state index contributed by atoms with van der Waals surface area (Å²) < 4.78 is 31.5. The second-order valence-corrected chi connectivity index (χ2v) is 6.23. The van der Waals surface area contributed by atoms with Crippen molar-refractivity contribution in [3.8, 4) is 5.75 Å². The average Bonchev–Trinajstić information content (AvgIpc) is 2.39. The molecule has 108 valence electrons. The Balaban J connectivity index is 0.00000180. The third-order valence-corrected chi connectivity index (χ3v) is 5.13. The quantitative estimate of drug-likeness (QED) is 0.908. The number of nitrogens with zero attached hydrogens (tertiary/aromatic N) is 1. The molecule has 0 spiro atoms. The van der Waals surface area contributed by atoms with Crippen LogP contribution in [0.25, 0.3) is 0 Å². The minimum Gasteiger partial charge on any atom is -0.497 e. The van der Waals surface area contributed by atoms with E-state index in [9.17, 15) is 8.42 Å². The highest BCUT2D eigenvalue weighted by Crippen LogP contribution is 2.21. The van der Waals surface area contributed by atoms with Gasteiger partial charge in [-0.3, -0.25) is 0 Å². The number of piperazine rings is 1. The first-order valence-electron chi connectivity index (χ1n) is 5.92. The van der Waals surface area contributed by atoms with E-state index in [0.29, 0.717) is 30.3 Å². The molecule has 1 heterocycles. The van der Waals surface area contributed by atoms with Crippen LogP contribution < -0.4 is 10.1 Å². The maximum atomic E-state index is 12.5. The van der Waals surface area contributed by atoms with E-state index in [1.807, 2.05) is 6.92 Å². The topological polar surface area (TPSA) is 58.6 Å². The summed E-state index contributed by atoms with van der Waals surface area (Å²) in [5, 5.41) is 3.18. The Morgan fingerprint density at radius 3 is 2.47 bits per heavy atom. The van der Waals surface area contributed by atoms with Crippen molar-refractivity contribution in [2.24, 2.45) is 0 Å². The SMILES string of the molecule is COc1ccc(S(=O)(=O)N2CCNCC2C)cc1.Cl. The molecule has 0 saturated carbocycles. The van der Waals surface area contributed by atoms with E-state index in [2.05, 4.69) is 5.32 Å². The molecule has 1 aromatic rings. The molecule has 1 N–H and O–H groups in total. The fraction of sp³-hybridized carbons (Fsp3) is 0.500. The van der Waals surface area contributed by atoms with E-state index in [-0.39, 0.29) is 18.4 Å². The molecule has 1 fully saturated rings. The summed E-state index contributed by atoms with van der Waals surface area (Å²) in [5.41, 5.74) is 0. The highest BCUT2D eigenvalue weighted by Gasteiger charge is 2.30. The van der Waals surface area contributed by atoms with Crippen molar-refractivity contribution in [1.29, 1.82) is 0 Å². The van der Waals surface area contributed by atoms with Crippen LogP contribution in [0.2, 0.25) is 0 Å². The second kappa shape index (κ2) is 6.56. The van der Waals surface area contributed by atoms with Crippen molar-refractivity contribution in [2.45, 2.75) is 17.9 Å². The maximum Gasteiger partial charge on any atom is 0.243 e. The zero-order valence-electron chi connectivity index (χ0n) is 11.0. The number of sulfonamides is 1. The average molecular weight is 307 g/mol. The van der Waals surface area contributed by atoms with E-state index >= 15 is 0 Å². The number of halogens is 1. The van der Waals surface area contributed by atoms with Crippen LogP contribution >= 0.6 is 12.4 Å². The Labute approximate surface area is 120 Å². The summed E-state index contributed by atoms with van der Waals surface area (Å²) >= 11 is 0. The van der Waals surface area contributed by atoms with Crippen LogP contribution in [0, 0.1) is 0 Å². The molecule has 7 heteroatoms. The Morgan fingerprint density at radius 1 is 1.32 bits per heavy atom. The van der Waals surface area contributed by atoms with Crippen LogP contribution in [0.15, 0.2) is 29.2 Å². The predicted octanol–water partition coefficient (Wildman–Crippen LogP) is 1.10.